The van der Waals surface area contributed by atoms with Crippen molar-refractivity contribution >= 4 is 41.0 Å². The molecular weight excluding hydrogens is 601 g/mol. The maximum absolute atomic E-state index is 14.5. The number of hydrogen-bond donors (Lipinski definition) is 1. The minimum absolute atomic E-state index is 0. The Kier molecular flexibility index (Phi) is 9.74. The van der Waals surface area contributed by atoms with Gasteiger partial charge in [0.05, 0.1) is 29.7 Å². The Balaban J connectivity index is 0.00000442. The Hall–Kier alpha value is -4.70. The fraction of sp³-hybridized carbons (Fsp3) is 0.333. The summed E-state index contributed by atoms with van der Waals surface area (Å²) in [6.07, 6.45) is 1.59. The van der Waals surface area contributed by atoms with Crippen molar-refractivity contribution in [3.63, 3.8) is 0 Å². The van der Waals surface area contributed by atoms with Gasteiger partial charge in [0, 0.05) is 41.7 Å². The van der Waals surface area contributed by atoms with Crippen LogP contribution in [0.1, 0.15) is 50.3 Å². The second-order valence-corrected chi connectivity index (χ2v) is 10.5. The molecular formula is C30H28ClF3N6O4. The molecule has 3 aromatic rings. The molecule has 0 bridgehead atoms. The van der Waals surface area contributed by atoms with Crippen molar-refractivity contribution in [1.29, 1.82) is 5.26 Å². The zero-order chi connectivity index (χ0) is 30.7. The molecule has 10 nitrogen and oxygen atoms in total. The molecule has 44 heavy (non-hydrogen) atoms. The fourth-order valence-electron chi connectivity index (χ4n) is 5.13. The van der Waals surface area contributed by atoms with Crippen molar-refractivity contribution in [2.75, 3.05) is 16.4 Å². The Labute approximate surface area is 256 Å². The Morgan fingerprint density at radius 2 is 1.91 bits per heavy atom. The molecule has 1 aliphatic heterocycles. The van der Waals surface area contributed by atoms with E-state index in [1.807, 2.05) is 6.07 Å². The van der Waals surface area contributed by atoms with Gasteiger partial charge in [-0.2, -0.15) is 5.26 Å². The molecule has 14 heteroatoms. The lowest BCUT2D eigenvalue weighted by Gasteiger charge is -2.36. The standard InChI is InChI=1S/C29H24ClF3N6O4.CH4/c30-22-4-2-1-3-21(22)25(26(40)37-19-5-8-29(32,33)9-6-19)38(20-12-18(31)14-35-15-20)27(41)23-16-43-28(42)39(23)24-11-17(13-34)7-10-36-24;/h1-4,7,10-12,14-15,19,23,25H,5-6,8-9,16H2,(H,37,40);1H4/t23-,25-;/m0./s1. The molecule has 1 saturated carbocycles. The summed E-state index contributed by atoms with van der Waals surface area (Å²) in [6, 6.07) is 8.25. The zero-order valence-corrected chi connectivity index (χ0v) is 23.2. The number of alkyl halides is 2. The highest BCUT2D eigenvalue weighted by atomic mass is 35.5. The summed E-state index contributed by atoms with van der Waals surface area (Å²) in [6.45, 7) is -0.454. The van der Waals surface area contributed by atoms with E-state index in [9.17, 15) is 32.8 Å². The van der Waals surface area contributed by atoms with Gasteiger partial charge in [0.2, 0.25) is 11.8 Å². The van der Waals surface area contributed by atoms with Crippen LogP contribution in [0.4, 0.5) is 29.5 Å². The lowest BCUT2D eigenvalue weighted by atomic mass is 9.91. The van der Waals surface area contributed by atoms with E-state index < -0.39 is 67.2 Å². The second kappa shape index (κ2) is 13.3. The molecule has 0 spiro atoms. The Morgan fingerprint density at radius 1 is 1.18 bits per heavy atom. The number of carbonyl (C=O) groups excluding carboxylic acids is 3. The summed E-state index contributed by atoms with van der Waals surface area (Å²) in [5.74, 6) is -5.35. The van der Waals surface area contributed by atoms with Crippen LogP contribution >= 0.6 is 11.6 Å². The SMILES string of the molecule is C.N#Cc1ccnc(N2C(=O)OC[C@H]2C(=O)N(c2cncc(F)c2)[C@H](C(=O)NC2CCC(F)(F)CC2)c2ccccc2Cl)c1. The topological polar surface area (TPSA) is 129 Å². The van der Waals surface area contributed by atoms with Crippen LogP contribution in [-0.4, -0.2) is 52.5 Å². The van der Waals surface area contributed by atoms with Gasteiger partial charge in [-0.1, -0.05) is 37.2 Å². The number of cyclic esters (lactones) is 1. The van der Waals surface area contributed by atoms with Gasteiger partial charge < -0.3 is 10.1 Å². The average molecular weight is 629 g/mol. The lowest BCUT2D eigenvalue weighted by Crippen LogP contribution is -2.54. The number of hydrogen-bond acceptors (Lipinski definition) is 7. The van der Waals surface area contributed by atoms with Gasteiger partial charge in [0.25, 0.3) is 5.91 Å². The number of nitriles is 1. The van der Waals surface area contributed by atoms with Crippen molar-refractivity contribution < 1.29 is 32.3 Å². The van der Waals surface area contributed by atoms with Gasteiger partial charge in [-0.05, 0) is 31.0 Å². The van der Waals surface area contributed by atoms with Gasteiger partial charge >= 0.3 is 6.09 Å². The van der Waals surface area contributed by atoms with E-state index in [-0.39, 0.29) is 47.9 Å². The Morgan fingerprint density at radius 3 is 2.59 bits per heavy atom. The van der Waals surface area contributed by atoms with Crippen LogP contribution in [0.25, 0.3) is 0 Å². The van der Waals surface area contributed by atoms with Crippen LogP contribution in [0.3, 0.4) is 0 Å². The summed E-state index contributed by atoms with van der Waals surface area (Å²) in [5, 5.41) is 12.2. The molecule has 3 heterocycles. The number of aromatic nitrogens is 2. The average Bonchev–Trinajstić information content (AvgIpc) is 3.38. The smallest absolute Gasteiger partial charge is 0.416 e. The third-order valence-corrected chi connectivity index (χ3v) is 7.60. The second-order valence-electron chi connectivity index (χ2n) is 10.1. The fourth-order valence-corrected chi connectivity index (χ4v) is 5.37. The minimum atomic E-state index is -2.84. The van der Waals surface area contributed by atoms with Crippen molar-refractivity contribution in [3.8, 4) is 6.07 Å². The highest BCUT2D eigenvalue weighted by molar-refractivity contribution is 6.31. The van der Waals surface area contributed by atoms with Crippen molar-refractivity contribution in [1.82, 2.24) is 15.3 Å². The van der Waals surface area contributed by atoms with Crippen LogP contribution in [0.5, 0.6) is 0 Å². The number of anilines is 2. The molecule has 5 rings (SSSR count). The molecule has 2 atom stereocenters. The molecule has 1 N–H and O–H groups in total. The summed E-state index contributed by atoms with van der Waals surface area (Å²) in [4.78, 5) is 51.1. The first-order valence-electron chi connectivity index (χ1n) is 13.3. The number of nitrogens with one attached hydrogen (secondary N) is 1. The van der Waals surface area contributed by atoms with Crippen molar-refractivity contribution in [2.24, 2.45) is 0 Å². The van der Waals surface area contributed by atoms with Crippen LogP contribution < -0.4 is 15.1 Å². The molecule has 2 fully saturated rings. The van der Waals surface area contributed by atoms with E-state index in [1.54, 1.807) is 12.1 Å². The first kappa shape index (κ1) is 32.2. The molecule has 3 amide bonds. The number of carbonyl (C=O) groups is 3. The van der Waals surface area contributed by atoms with Crippen molar-refractivity contribution in [2.45, 2.75) is 57.2 Å². The van der Waals surface area contributed by atoms with Crippen LogP contribution in [0, 0.1) is 17.1 Å². The van der Waals surface area contributed by atoms with Gasteiger partial charge in [0.15, 0.2) is 6.04 Å². The maximum Gasteiger partial charge on any atom is 0.416 e. The lowest BCUT2D eigenvalue weighted by molar-refractivity contribution is -0.128. The van der Waals surface area contributed by atoms with E-state index in [2.05, 4.69) is 15.3 Å². The number of rotatable bonds is 7. The van der Waals surface area contributed by atoms with E-state index in [1.165, 1.54) is 30.5 Å². The monoisotopic (exact) mass is 628 g/mol. The molecule has 0 radical (unpaired) electrons. The molecule has 1 aliphatic carbocycles. The third kappa shape index (κ3) is 6.75. The number of pyridine rings is 2. The third-order valence-electron chi connectivity index (χ3n) is 7.26. The number of ether oxygens (including phenoxy) is 1. The predicted molar refractivity (Wildman–Crippen MR) is 155 cm³/mol. The zero-order valence-electron chi connectivity index (χ0n) is 22.4. The predicted octanol–water partition coefficient (Wildman–Crippen LogP) is 5.57. The number of amides is 3. The molecule has 2 aliphatic rings. The molecule has 1 aromatic carbocycles. The highest BCUT2D eigenvalue weighted by Gasteiger charge is 2.46. The van der Waals surface area contributed by atoms with Crippen molar-refractivity contribution in [3.05, 3.63) is 83.0 Å². The van der Waals surface area contributed by atoms with E-state index in [0.717, 1.165) is 28.3 Å². The molecule has 2 aromatic heterocycles. The molecule has 0 unspecified atom stereocenters. The first-order valence-corrected chi connectivity index (χ1v) is 13.6. The van der Waals surface area contributed by atoms with Crippen LogP contribution in [0.2, 0.25) is 5.02 Å². The van der Waals surface area contributed by atoms with Gasteiger partial charge in [0.1, 0.15) is 24.3 Å². The normalized spacial score (nSPS) is 18.4. The summed E-state index contributed by atoms with van der Waals surface area (Å²) in [5.41, 5.74) is 0.175. The number of nitrogens with zero attached hydrogens (tertiary/aromatic N) is 5. The maximum atomic E-state index is 14.5. The van der Waals surface area contributed by atoms with E-state index >= 15 is 0 Å². The molecule has 1 saturated heterocycles. The summed E-state index contributed by atoms with van der Waals surface area (Å²) in [7, 11) is 0. The largest absolute Gasteiger partial charge is 0.446 e. The first-order chi connectivity index (χ1) is 20.6. The number of benzene rings is 1. The van der Waals surface area contributed by atoms with Crippen LogP contribution in [0.15, 0.2) is 61.1 Å². The molecule has 230 valence electrons. The van der Waals surface area contributed by atoms with E-state index in [0.29, 0.717) is 0 Å². The highest BCUT2D eigenvalue weighted by Crippen LogP contribution is 2.37. The van der Waals surface area contributed by atoms with Gasteiger partial charge in [-0.25, -0.2) is 27.8 Å². The number of halogens is 4. The minimum Gasteiger partial charge on any atom is -0.446 e. The van der Waals surface area contributed by atoms with Crippen LogP contribution in [-0.2, 0) is 14.3 Å². The van der Waals surface area contributed by atoms with Gasteiger partial charge in [-0.3, -0.25) is 19.5 Å². The quantitative estimate of drug-likeness (QED) is 0.362. The Bertz CT molecular complexity index is 1590. The summed E-state index contributed by atoms with van der Waals surface area (Å²) < 4.78 is 47.3. The summed E-state index contributed by atoms with van der Waals surface area (Å²) >= 11 is 6.51. The van der Waals surface area contributed by atoms with E-state index in [4.69, 9.17) is 16.3 Å². The van der Waals surface area contributed by atoms with Gasteiger partial charge in [-0.15, -0.1) is 0 Å².